The molecule has 6 nitrogen and oxygen atoms in total. The van der Waals surface area contributed by atoms with Crippen molar-refractivity contribution < 1.29 is 4.52 Å². The van der Waals surface area contributed by atoms with E-state index in [1.54, 1.807) is 20.0 Å². The SMILES string of the molecule is CN=C(NCCCc1ccc(Cl)cc1Cl)NCc1noc(C)n1.I. The molecular weight excluding hydrogens is 464 g/mol. The first-order chi connectivity index (χ1) is 11.1. The average molecular weight is 484 g/mol. The molecule has 2 N–H and O–H groups in total. The van der Waals surface area contributed by atoms with Gasteiger partial charge in [-0.25, -0.2) is 0 Å². The Morgan fingerprint density at radius 2 is 2.08 bits per heavy atom. The number of aliphatic imine (C=N–C) groups is 1. The average Bonchev–Trinajstić information content (AvgIpc) is 2.94. The van der Waals surface area contributed by atoms with Crippen LogP contribution in [0.25, 0.3) is 0 Å². The van der Waals surface area contributed by atoms with Crippen LogP contribution in [-0.4, -0.2) is 29.7 Å². The van der Waals surface area contributed by atoms with Gasteiger partial charge in [-0.1, -0.05) is 34.4 Å². The van der Waals surface area contributed by atoms with Crippen LogP contribution in [0, 0.1) is 6.92 Å². The third-order valence-corrected chi connectivity index (χ3v) is 3.72. The predicted molar refractivity (Wildman–Crippen MR) is 107 cm³/mol. The van der Waals surface area contributed by atoms with Gasteiger partial charge in [-0.2, -0.15) is 4.98 Å². The van der Waals surface area contributed by atoms with Crippen molar-refractivity contribution >= 4 is 53.1 Å². The summed E-state index contributed by atoms with van der Waals surface area (Å²) in [6.07, 6.45) is 1.79. The molecule has 0 unspecified atom stereocenters. The maximum atomic E-state index is 6.15. The molecule has 0 spiro atoms. The highest BCUT2D eigenvalue weighted by molar-refractivity contribution is 14.0. The van der Waals surface area contributed by atoms with E-state index in [4.69, 9.17) is 27.7 Å². The summed E-state index contributed by atoms with van der Waals surface area (Å²) >= 11 is 12.0. The van der Waals surface area contributed by atoms with Crippen LogP contribution in [0.2, 0.25) is 10.0 Å². The molecule has 132 valence electrons. The van der Waals surface area contributed by atoms with E-state index in [2.05, 4.69) is 25.8 Å². The monoisotopic (exact) mass is 483 g/mol. The van der Waals surface area contributed by atoms with Crippen molar-refractivity contribution in [3.63, 3.8) is 0 Å². The van der Waals surface area contributed by atoms with Crippen molar-refractivity contribution in [1.82, 2.24) is 20.8 Å². The number of nitrogens with one attached hydrogen (secondary N) is 2. The molecule has 0 atom stereocenters. The number of benzene rings is 1. The Bertz CT molecular complexity index is 678. The van der Waals surface area contributed by atoms with Crippen molar-refractivity contribution in [1.29, 1.82) is 0 Å². The van der Waals surface area contributed by atoms with Gasteiger partial charge in [-0.3, -0.25) is 4.99 Å². The van der Waals surface area contributed by atoms with Gasteiger partial charge < -0.3 is 15.2 Å². The fraction of sp³-hybridized carbons (Fsp3) is 0.400. The Morgan fingerprint density at radius 3 is 2.71 bits per heavy atom. The van der Waals surface area contributed by atoms with Crippen LogP contribution < -0.4 is 10.6 Å². The number of nitrogens with zero attached hydrogens (tertiary/aromatic N) is 3. The molecule has 1 heterocycles. The molecule has 1 aromatic carbocycles. The lowest BCUT2D eigenvalue weighted by Crippen LogP contribution is -2.37. The van der Waals surface area contributed by atoms with Crippen LogP contribution in [-0.2, 0) is 13.0 Å². The minimum absolute atomic E-state index is 0. The molecule has 1 aromatic heterocycles. The quantitative estimate of drug-likeness (QED) is 0.284. The third kappa shape index (κ3) is 6.82. The fourth-order valence-corrected chi connectivity index (χ4v) is 2.51. The molecule has 0 radical (unpaired) electrons. The molecule has 0 fully saturated rings. The van der Waals surface area contributed by atoms with Gasteiger partial charge in [-0.15, -0.1) is 24.0 Å². The largest absolute Gasteiger partial charge is 0.356 e. The van der Waals surface area contributed by atoms with E-state index in [-0.39, 0.29) is 24.0 Å². The van der Waals surface area contributed by atoms with E-state index >= 15 is 0 Å². The second kappa shape index (κ2) is 10.7. The zero-order chi connectivity index (χ0) is 16.7. The minimum Gasteiger partial charge on any atom is -0.356 e. The van der Waals surface area contributed by atoms with E-state index in [1.165, 1.54) is 0 Å². The van der Waals surface area contributed by atoms with Crippen molar-refractivity contribution in [3.8, 4) is 0 Å². The highest BCUT2D eigenvalue weighted by Gasteiger charge is 2.04. The van der Waals surface area contributed by atoms with Crippen LogP contribution in [0.3, 0.4) is 0 Å². The number of aromatic nitrogens is 2. The van der Waals surface area contributed by atoms with Crippen molar-refractivity contribution in [3.05, 3.63) is 45.5 Å². The van der Waals surface area contributed by atoms with Gasteiger partial charge in [0.2, 0.25) is 5.89 Å². The van der Waals surface area contributed by atoms with Gasteiger partial charge in [0.15, 0.2) is 11.8 Å². The number of hydrogen-bond acceptors (Lipinski definition) is 4. The summed E-state index contributed by atoms with van der Waals surface area (Å²) in [4.78, 5) is 8.27. The van der Waals surface area contributed by atoms with Gasteiger partial charge in [0, 0.05) is 30.6 Å². The normalized spacial score (nSPS) is 11.1. The summed E-state index contributed by atoms with van der Waals surface area (Å²) in [5.41, 5.74) is 1.09. The van der Waals surface area contributed by atoms with Crippen molar-refractivity contribution in [2.24, 2.45) is 4.99 Å². The Kier molecular flexibility index (Phi) is 9.38. The summed E-state index contributed by atoms with van der Waals surface area (Å²) in [7, 11) is 1.72. The van der Waals surface area contributed by atoms with E-state index in [0.717, 1.165) is 24.9 Å². The highest BCUT2D eigenvalue weighted by atomic mass is 127. The maximum Gasteiger partial charge on any atom is 0.223 e. The van der Waals surface area contributed by atoms with Crippen LogP contribution in [0.4, 0.5) is 0 Å². The zero-order valence-electron chi connectivity index (χ0n) is 13.5. The van der Waals surface area contributed by atoms with Crippen LogP contribution >= 0.6 is 47.2 Å². The highest BCUT2D eigenvalue weighted by Crippen LogP contribution is 2.21. The van der Waals surface area contributed by atoms with Crippen LogP contribution in [0.15, 0.2) is 27.7 Å². The van der Waals surface area contributed by atoms with Gasteiger partial charge in [0.05, 0.1) is 6.54 Å². The molecule has 0 saturated carbocycles. The van der Waals surface area contributed by atoms with Crippen molar-refractivity contribution in [2.45, 2.75) is 26.3 Å². The molecule has 0 aliphatic heterocycles. The summed E-state index contributed by atoms with van der Waals surface area (Å²) in [6, 6.07) is 5.57. The molecule has 2 aromatic rings. The first-order valence-electron chi connectivity index (χ1n) is 7.26. The maximum absolute atomic E-state index is 6.15. The smallest absolute Gasteiger partial charge is 0.223 e. The Labute approximate surface area is 168 Å². The van der Waals surface area contributed by atoms with E-state index in [0.29, 0.717) is 34.3 Å². The molecular formula is C15H20Cl2IN5O. The topological polar surface area (TPSA) is 75.3 Å². The summed E-state index contributed by atoms with van der Waals surface area (Å²) < 4.78 is 4.91. The summed E-state index contributed by atoms with van der Waals surface area (Å²) in [5, 5.41) is 11.5. The summed E-state index contributed by atoms with van der Waals surface area (Å²) in [6.45, 7) is 2.98. The predicted octanol–water partition coefficient (Wildman–Crippen LogP) is 3.60. The number of rotatable bonds is 6. The lowest BCUT2D eigenvalue weighted by Gasteiger charge is -2.11. The van der Waals surface area contributed by atoms with E-state index in [1.807, 2.05) is 12.1 Å². The number of guanidine groups is 1. The lowest BCUT2D eigenvalue weighted by molar-refractivity contribution is 0.387. The molecule has 0 bridgehead atoms. The standard InChI is InChI=1S/C15H19Cl2N5O.HI/c1-10-21-14(22-23-10)9-20-15(18-2)19-7-3-4-11-5-6-12(16)8-13(11)17;/h5-6,8H,3-4,7,9H2,1-2H3,(H2,18,19,20);1H. The van der Waals surface area contributed by atoms with Gasteiger partial charge in [0.25, 0.3) is 0 Å². The third-order valence-electron chi connectivity index (χ3n) is 3.14. The molecule has 0 aliphatic carbocycles. The molecule has 0 saturated heterocycles. The first-order valence-corrected chi connectivity index (χ1v) is 8.01. The lowest BCUT2D eigenvalue weighted by atomic mass is 10.1. The summed E-state index contributed by atoms with van der Waals surface area (Å²) in [5.74, 6) is 1.83. The molecule has 9 heteroatoms. The van der Waals surface area contributed by atoms with Crippen molar-refractivity contribution in [2.75, 3.05) is 13.6 Å². The zero-order valence-corrected chi connectivity index (χ0v) is 17.3. The van der Waals surface area contributed by atoms with Gasteiger partial charge in [-0.05, 0) is 30.5 Å². The van der Waals surface area contributed by atoms with Gasteiger partial charge in [0.1, 0.15) is 0 Å². The van der Waals surface area contributed by atoms with E-state index in [9.17, 15) is 0 Å². The van der Waals surface area contributed by atoms with Crippen LogP contribution in [0.1, 0.15) is 23.7 Å². The number of hydrogen-bond donors (Lipinski definition) is 2. The number of aryl methyl sites for hydroxylation is 2. The van der Waals surface area contributed by atoms with Gasteiger partial charge >= 0.3 is 0 Å². The Hall–Kier alpha value is -1.06. The molecule has 2 rings (SSSR count). The minimum atomic E-state index is 0. The van der Waals surface area contributed by atoms with Crippen LogP contribution in [0.5, 0.6) is 0 Å². The Balaban J connectivity index is 0.00000288. The Morgan fingerprint density at radius 1 is 1.29 bits per heavy atom. The fourth-order valence-electron chi connectivity index (χ4n) is 2.01. The molecule has 24 heavy (non-hydrogen) atoms. The van der Waals surface area contributed by atoms with E-state index < -0.39 is 0 Å². The second-order valence-electron chi connectivity index (χ2n) is 4.92. The molecule has 0 aliphatic rings. The first kappa shape index (κ1) is 21.0. The second-order valence-corrected chi connectivity index (χ2v) is 5.77. The molecule has 0 amide bonds. The number of halogens is 3.